The Kier molecular flexibility index (Phi) is 10.0. The maximum Gasteiger partial charge on any atom is 0.262 e. The molecule has 6 nitrogen and oxygen atoms in total. The molecule has 0 bridgehead atoms. The fourth-order valence-corrected chi connectivity index (χ4v) is 3.39. The average molecular weight is 451 g/mol. The van der Waals surface area contributed by atoms with Crippen molar-refractivity contribution in [1.29, 1.82) is 0 Å². The lowest BCUT2D eigenvalue weighted by atomic mass is 9.86. The number of aliphatic imine (C=N–C) groups is 1. The van der Waals surface area contributed by atoms with E-state index in [0.717, 1.165) is 18.3 Å². The van der Waals surface area contributed by atoms with Gasteiger partial charge in [0.15, 0.2) is 5.84 Å². The molecular weight excluding hydrogens is 419 g/mol. The Balaban J connectivity index is 2.66. The molecule has 0 fully saturated rings. The van der Waals surface area contributed by atoms with Crippen molar-refractivity contribution in [1.82, 2.24) is 10.4 Å². The predicted molar refractivity (Wildman–Crippen MR) is 130 cm³/mol. The number of amidine groups is 1. The number of likely N-dealkylation sites (N-methyl/N-ethyl adjacent to an activating group) is 1. The summed E-state index contributed by atoms with van der Waals surface area (Å²) >= 11 is 0. The standard InChI is InChI=1S/C26H31FN4O2/c1-4-6-12-24(33)30-31(5-2)26(29-22-10-8-7-9-11-22)25(19(3)28)23(17-18-32)20-13-15-21(27)16-14-20/h6-16,18,23H,4-5,17,28H2,1-3H3,(H,30,33)/b12-6+,25-19-,29-26?. The number of aldehydes is 1. The minimum atomic E-state index is -0.479. The zero-order chi connectivity index (χ0) is 24.2. The molecule has 2 aromatic rings. The van der Waals surface area contributed by atoms with Crippen LogP contribution in [0.5, 0.6) is 0 Å². The van der Waals surface area contributed by atoms with E-state index in [1.165, 1.54) is 18.2 Å². The summed E-state index contributed by atoms with van der Waals surface area (Å²) in [6.07, 6.45) is 4.87. The second-order valence-electron chi connectivity index (χ2n) is 7.41. The van der Waals surface area contributed by atoms with Gasteiger partial charge >= 0.3 is 0 Å². The van der Waals surface area contributed by atoms with Gasteiger partial charge in [-0.25, -0.2) is 9.38 Å². The number of carbonyl (C=O) groups is 2. The molecule has 1 unspecified atom stereocenters. The number of halogens is 1. The van der Waals surface area contributed by atoms with Crippen LogP contribution in [0.1, 0.15) is 45.1 Å². The molecule has 1 amide bonds. The first-order chi connectivity index (χ1) is 15.9. The number of amides is 1. The summed E-state index contributed by atoms with van der Waals surface area (Å²) in [6.45, 7) is 5.94. The maximum absolute atomic E-state index is 13.6. The van der Waals surface area contributed by atoms with E-state index in [1.54, 1.807) is 30.1 Å². The summed E-state index contributed by atoms with van der Waals surface area (Å²) in [5.74, 6) is -0.741. The molecule has 0 saturated heterocycles. The number of hydrogen-bond acceptors (Lipinski definition) is 4. The Bertz CT molecular complexity index is 1010. The Labute approximate surface area is 194 Å². The monoisotopic (exact) mass is 450 g/mol. The molecule has 33 heavy (non-hydrogen) atoms. The minimum Gasteiger partial charge on any atom is -0.402 e. The van der Waals surface area contributed by atoms with Crippen LogP contribution in [0.2, 0.25) is 0 Å². The van der Waals surface area contributed by atoms with Crippen molar-refractivity contribution in [3.05, 3.63) is 89.4 Å². The zero-order valence-corrected chi connectivity index (χ0v) is 19.3. The van der Waals surface area contributed by atoms with E-state index in [9.17, 15) is 14.0 Å². The van der Waals surface area contributed by atoms with Crippen molar-refractivity contribution in [3.8, 4) is 0 Å². The second kappa shape index (κ2) is 13.0. The van der Waals surface area contributed by atoms with E-state index in [2.05, 4.69) is 5.43 Å². The fourth-order valence-electron chi connectivity index (χ4n) is 3.39. The van der Waals surface area contributed by atoms with Crippen molar-refractivity contribution >= 4 is 23.7 Å². The largest absolute Gasteiger partial charge is 0.402 e. The molecule has 0 heterocycles. The predicted octanol–water partition coefficient (Wildman–Crippen LogP) is 4.78. The number of nitrogens with one attached hydrogen (secondary N) is 1. The lowest BCUT2D eigenvalue weighted by Crippen LogP contribution is -2.47. The number of nitrogens with zero attached hydrogens (tertiary/aromatic N) is 2. The van der Waals surface area contributed by atoms with Gasteiger partial charge in [-0.1, -0.05) is 43.3 Å². The van der Waals surface area contributed by atoms with Crippen LogP contribution in [-0.4, -0.2) is 29.6 Å². The molecule has 2 aromatic carbocycles. The number of hydrogen-bond donors (Lipinski definition) is 2. The van der Waals surface area contributed by atoms with Gasteiger partial charge < -0.3 is 10.5 Å². The third-order valence-electron chi connectivity index (χ3n) is 4.93. The summed E-state index contributed by atoms with van der Waals surface area (Å²) in [6, 6.07) is 15.2. The van der Waals surface area contributed by atoms with Crippen molar-refractivity contribution in [3.63, 3.8) is 0 Å². The molecule has 0 saturated carbocycles. The smallest absolute Gasteiger partial charge is 0.262 e. The molecule has 3 N–H and O–H groups in total. The molecule has 0 aliphatic rings. The van der Waals surface area contributed by atoms with Gasteiger partial charge in [-0.15, -0.1) is 0 Å². The highest BCUT2D eigenvalue weighted by atomic mass is 19.1. The molecule has 0 radical (unpaired) electrons. The number of rotatable bonds is 9. The van der Waals surface area contributed by atoms with Crippen LogP contribution in [-0.2, 0) is 9.59 Å². The Hall–Kier alpha value is -3.74. The Morgan fingerprint density at radius 1 is 1.15 bits per heavy atom. The van der Waals surface area contributed by atoms with Crippen molar-refractivity contribution in [2.75, 3.05) is 6.54 Å². The summed E-state index contributed by atoms with van der Waals surface area (Å²) in [7, 11) is 0. The lowest BCUT2D eigenvalue weighted by molar-refractivity contribution is -0.119. The van der Waals surface area contributed by atoms with Crippen LogP contribution in [0.4, 0.5) is 10.1 Å². The Morgan fingerprint density at radius 3 is 2.36 bits per heavy atom. The summed E-state index contributed by atoms with van der Waals surface area (Å²) in [4.78, 5) is 28.9. The first-order valence-electron chi connectivity index (χ1n) is 10.9. The highest BCUT2D eigenvalue weighted by Gasteiger charge is 2.27. The SMILES string of the molecule is CC/C=C/C(=O)NN(CC)C(=Nc1ccccc1)/C(=C(/C)N)C(CC=O)c1ccc(F)cc1. The molecule has 0 spiro atoms. The molecule has 174 valence electrons. The lowest BCUT2D eigenvalue weighted by Gasteiger charge is -2.30. The number of nitrogens with two attached hydrogens (primary N) is 1. The first-order valence-corrected chi connectivity index (χ1v) is 10.9. The van der Waals surface area contributed by atoms with Gasteiger partial charge in [0.1, 0.15) is 12.1 Å². The number of carbonyl (C=O) groups excluding carboxylic acids is 2. The second-order valence-corrected chi connectivity index (χ2v) is 7.41. The first kappa shape index (κ1) is 25.5. The number of allylic oxidation sites excluding steroid dienone is 2. The van der Waals surface area contributed by atoms with E-state index in [-0.39, 0.29) is 18.1 Å². The molecule has 1 atom stereocenters. The van der Waals surface area contributed by atoms with Gasteiger partial charge in [0.2, 0.25) is 0 Å². The van der Waals surface area contributed by atoms with E-state index < -0.39 is 5.92 Å². The number of benzene rings is 2. The number of hydrazine groups is 1. The van der Waals surface area contributed by atoms with Crippen molar-refractivity contribution in [2.24, 2.45) is 10.7 Å². The average Bonchev–Trinajstić information content (AvgIpc) is 2.81. The summed E-state index contributed by atoms with van der Waals surface area (Å²) in [5.41, 5.74) is 11.6. The van der Waals surface area contributed by atoms with Crippen LogP contribution in [0.25, 0.3) is 0 Å². The van der Waals surface area contributed by atoms with E-state index in [1.807, 2.05) is 44.2 Å². The van der Waals surface area contributed by atoms with Gasteiger partial charge in [-0.05, 0) is 50.1 Å². The Morgan fingerprint density at radius 2 is 1.82 bits per heavy atom. The number of para-hydroxylation sites is 1. The molecule has 0 aromatic heterocycles. The van der Waals surface area contributed by atoms with Crippen LogP contribution in [0.3, 0.4) is 0 Å². The van der Waals surface area contributed by atoms with Crippen LogP contribution < -0.4 is 11.2 Å². The summed E-state index contributed by atoms with van der Waals surface area (Å²) in [5, 5.41) is 1.61. The summed E-state index contributed by atoms with van der Waals surface area (Å²) < 4.78 is 13.6. The van der Waals surface area contributed by atoms with Crippen LogP contribution in [0, 0.1) is 5.82 Å². The van der Waals surface area contributed by atoms with Gasteiger partial charge in [-0.3, -0.25) is 15.2 Å². The van der Waals surface area contributed by atoms with E-state index in [4.69, 9.17) is 10.7 Å². The van der Waals surface area contributed by atoms with E-state index in [0.29, 0.717) is 29.3 Å². The highest BCUT2D eigenvalue weighted by Crippen LogP contribution is 2.31. The quantitative estimate of drug-likeness (QED) is 0.189. The van der Waals surface area contributed by atoms with Crippen molar-refractivity contribution < 1.29 is 14.0 Å². The third-order valence-corrected chi connectivity index (χ3v) is 4.93. The molecular formula is C26H31FN4O2. The normalized spacial score (nSPS) is 13.4. The fraction of sp³-hybridized carbons (Fsp3) is 0.269. The topological polar surface area (TPSA) is 87.8 Å². The molecule has 0 aliphatic heterocycles. The van der Waals surface area contributed by atoms with Gasteiger partial charge in [-0.2, -0.15) is 0 Å². The van der Waals surface area contributed by atoms with Crippen molar-refractivity contribution in [2.45, 2.75) is 39.5 Å². The van der Waals surface area contributed by atoms with Crippen LogP contribution >= 0.6 is 0 Å². The van der Waals surface area contributed by atoms with Gasteiger partial charge in [0, 0.05) is 36.2 Å². The third kappa shape index (κ3) is 7.42. The minimum absolute atomic E-state index is 0.116. The molecule has 2 rings (SSSR count). The maximum atomic E-state index is 13.6. The zero-order valence-electron chi connectivity index (χ0n) is 19.3. The van der Waals surface area contributed by atoms with Gasteiger partial charge in [0.25, 0.3) is 5.91 Å². The van der Waals surface area contributed by atoms with Gasteiger partial charge in [0.05, 0.1) is 5.69 Å². The molecule has 0 aliphatic carbocycles. The molecule has 7 heteroatoms. The van der Waals surface area contributed by atoms with E-state index >= 15 is 0 Å². The highest BCUT2D eigenvalue weighted by molar-refractivity contribution is 6.03. The van der Waals surface area contributed by atoms with Crippen LogP contribution in [0.15, 0.2) is 83.0 Å².